The third kappa shape index (κ3) is 4.41. The van der Waals surface area contributed by atoms with E-state index in [1.807, 2.05) is 31.2 Å². The lowest BCUT2D eigenvalue weighted by Crippen LogP contribution is -2.37. The number of aryl methyl sites for hydroxylation is 1. The van der Waals surface area contributed by atoms with Gasteiger partial charge in [-0.1, -0.05) is 34.1 Å². The van der Waals surface area contributed by atoms with Crippen molar-refractivity contribution in [2.45, 2.75) is 25.8 Å². The summed E-state index contributed by atoms with van der Waals surface area (Å²) >= 11 is 3.48. The lowest BCUT2D eigenvalue weighted by atomic mass is 10.2. The van der Waals surface area contributed by atoms with Crippen molar-refractivity contribution in [1.29, 1.82) is 0 Å². The Morgan fingerprint density at radius 3 is 2.95 bits per heavy atom. The van der Waals surface area contributed by atoms with Crippen LogP contribution in [0.1, 0.15) is 19.2 Å². The van der Waals surface area contributed by atoms with E-state index >= 15 is 0 Å². The second-order valence-electron chi connectivity index (χ2n) is 4.80. The van der Waals surface area contributed by atoms with Crippen LogP contribution in [0.5, 0.6) is 0 Å². The van der Waals surface area contributed by atoms with Crippen molar-refractivity contribution in [3.8, 4) is 11.3 Å². The van der Waals surface area contributed by atoms with Gasteiger partial charge in [-0.05, 0) is 13.0 Å². The van der Waals surface area contributed by atoms with Gasteiger partial charge in [0.2, 0.25) is 5.91 Å². The molecule has 0 fully saturated rings. The summed E-state index contributed by atoms with van der Waals surface area (Å²) < 4.78 is 6.63. The summed E-state index contributed by atoms with van der Waals surface area (Å²) in [6, 6.07) is 7.75. The van der Waals surface area contributed by atoms with E-state index in [1.165, 1.54) is 0 Å². The number of oxazole rings is 1. The first-order valence-corrected chi connectivity index (χ1v) is 7.58. The molecule has 0 aliphatic carbocycles. The Labute approximate surface area is 132 Å². The zero-order valence-electron chi connectivity index (χ0n) is 11.8. The maximum Gasteiger partial charge on any atom is 0.220 e. The minimum absolute atomic E-state index is 0.0158. The topological polar surface area (TPSA) is 81.1 Å². The van der Waals surface area contributed by atoms with E-state index < -0.39 is 0 Å². The smallest absolute Gasteiger partial charge is 0.220 e. The molecule has 0 aliphatic rings. The number of amides is 1. The summed E-state index contributed by atoms with van der Waals surface area (Å²) in [4.78, 5) is 15.9. The van der Waals surface area contributed by atoms with Crippen molar-refractivity contribution >= 4 is 21.8 Å². The van der Waals surface area contributed by atoms with Crippen LogP contribution < -0.4 is 11.1 Å². The standard InChI is InChI=1S/C15H18BrN3O2/c1-10(8-17)19-14(20)6-7-15-18-9-13(21-15)11-4-2-3-5-12(11)16/h2-5,9-10H,6-8,17H2,1H3,(H,19,20)/t10-/m0/s1. The van der Waals surface area contributed by atoms with Crippen LogP contribution in [0.3, 0.4) is 0 Å². The lowest BCUT2D eigenvalue weighted by Gasteiger charge is -2.10. The van der Waals surface area contributed by atoms with Gasteiger partial charge in [0.15, 0.2) is 11.7 Å². The Morgan fingerprint density at radius 2 is 2.24 bits per heavy atom. The van der Waals surface area contributed by atoms with Gasteiger partial charge in [0, 0.05) is 35.5 Å². The summed E-state index contributed by atoms with van der Waals surface area (Å²) in [7, 11) is 0. The number of aromatic nitrogens is 1. The number of halogens is 1. The van der Waals surface area contributed by atoms with Crippen LogP contribution in [-0.4, -0.2) is 23.5 Å². The van der Waals surface area contributed by atoms with Gasteiger partial charge in [-0.15, -0.1) is 0 Å². The van der Waals surface area contributed by atoms with Crippen LogP contribution >= 0.6 is 15.9 Å². The SMILES string of the molecule is C[C@@H](CN)NC(=O)CCc1ncc(-c2ccccc2Br)o1. The number of hydrogen-bond donors (Lipinski definition) is 2. The number of nitrogens with two attached hydrogens (primary N) is 1. The van der Waals surface area contributed by atoms with Crippen molar-refractivity contribution < 1.29 is 9.21 Å². The van der Waals surface area contributed by atoms with Crippen molar-refractivity contribution in [2.75, 3.05) is 6.54 Å². The highest BCUT2D eigenvalue weighted by atomic mass is 79.9. The van der Waals surface area contributed by atoms with Gasteiger partial charge in [0.1, 0.15) is 0 Å². The van der Waals surface area contributed by atoms with E-state index in [1.54, 1.807) is 6.20 Å². The summed E-state index contributed by atoms with van der Waals surface area (Å²) in [5.41, 5.74) is 6.40. The largest absolute Gasteiger partial charge is 0.441 e. The highest BCUT2D eigenvalue weighted by molar-refractivity contribution is 9.10. The van der Waals surface area contributed by atoms with Crippen LogP contribution in [0.25, 0.3) is 11.3 Å². The van der Waals surface area contributed by atoms with Crippen molar-refractivity contribution in [1.82, 2.24) is 10.3 Å². The van der Waals surface area contributed by atoms with E-state index in [2.05, 4.69) is 26.2 Å². The molecule has 1 heterocycles. The molecule has 1 atom stereocenters. The molecule has 5 nitrogen and oxygen atoms in total. The van der Waals surface area contributed by atoms with E-state index in [0.717, 1.165) is 10.0 Å². The van der Waals surface area contributed by atoms with Crippen LogP contribution in [0.15, 0.2) is 39.4 Å². The minimum Gasteiger partial charge on any atom is -0.441 e. The van der Waals surface area contributed by atoms with Gasteiger partial charge in [-0.2, -0.15) is 0 Å². The molecule has 2 rings (SSSR count). The summed E-state index contributed by atoms with van der Waals surface area (Å²) in [6.07, 6.45) is 2.48. The molecular weight excluding hydrogens is 334 g/mol. The first kappa shape index (κ1) is 15.7. The lowest BCUT2D eigenvalue weighted by molar-refractivity contribution is -0.121. The molecule has 6 heteroatoms. The average molecular weight is 352 g/mol. The van der Waals surface area contributed by atoms with Crippen molar-refractivity contribution in [3.05, 3.63) is 40.8 Å². The van der Waals surface area contributed by atoms with Gasteiger partial charge in [-0.3, -0.25) is 4.79 Å². The normalized spacial score (nSPS) is 12.1. The van der Waals surface area contributed by atoms with Crippen LogP contribution in [0.4, 0.5) is 0 Å². The van der Waals surface area contributed by atoms with Crippen molar-refractivity contribution in [2.24, 2.45) is 5.73 Å². The molecular formula is C15H18BrN3O2. The molecule has 0 radical (unpaired) electrons. The molecule has 21 heavy (non-hydrogen) atoms. The zero-order chi connectivity index (χ0) is 15.2. The molecule has 0 saturated carbocycles. The molecule has 1 aromatic heterocycles. The quantitative estimate of drug-likeness (QED) is 0.837. The number of rotatable bonds is 6. The monoisotopic (exact) mass is 351 g/mol. The van der Waals surface area contributed by atoms with Gasteiger partial charge >= 0.3 is 0 Å². The molecule has 0 saturated heterocycles. The zero-order valence-corrected chi connectivity index (χ0v) is 13.4. The number of carbonyl (C=O) groups is 1. The Balaban J connectivity index is 1.95. The first-order chi connectivity index (χ1) is 10.1. The molecule has 112 valence electrons. The molecule has 0 unspecified atom stereocenters. The Morgan fingerprint density at radius 1 is 1.48 bits per heavy atom. The second-order valence-corrected chi connectivity index (χ2v) is 5.66. The average Bonchev–Trinajstić information content (AvgIpc) is 2.94. The molecule has 3 N–H and O–H groups in total. The molecule has 1 aromatic carbocycles. The van der Waals surface area contributed by atoms with Gasteiger partial charge in [0.05, 0.1) is 6.20 Å². The van der Waals surface area contributed by atoms with E-state index in [0.29, 0.717) is 31.0 Å². The van der Waals surface area contributed by atoms with E-state index in [-0.39, 0.29) is 11.9 Å². The van der Waals surface area contributed by atoms with Crippen LogP contribution in [-0.2, 0) is 11.2 Å². The maximum absolute atomic E-state index is 11.7. The number of hydrogen-bond acceptors (Lipinski definition) is 4. The van der Waals surface area contributed by atoms with Crippen molar-refractivity contribution in [3.63, 3.8) is 0 Å². The number of benzene rings is 1. The highest BCUT2D eigenvalue weighted by Gasteiger charge is 2.11. The number of nitrogens with one attached hydrogen (secondary N) is 1. The predicted molar refractivity (Wildman–Crippen MR) is 84.6 cm³/mol. The molecule has 2 aromatic rings. The molecule has 0 bridgehead atoms. The fourth-order valence-electron chi connectivity index (χ4n) is 1.84. The second kappa shape index (κ2) is 7.38. The van der Waals surface area contributed by atoms with Crippen LogP contribution in [0.2, 0.25) is 0 Å². The first-order valence-electron chi connectivity index (χ1n) is 6.79. The summed E-state index contributed by atoms with van der Waals surface area (Å²) in [5, 5.41) is 2.81. The number of carbonyl (C=O) groups excluding carboxylic acids is 1. The minimum atomic E-state index is -0.0476. The molecule has 0 aliphatic heterocycles. The summed E-state index contributed by atoms with van der Waals surface area (Å²) in [5.74, 6) is 1.19. The predicted octanol–water partition coefficient (Wildman–Crippen LogP) is 2.50. The van der Waals surface area contributed by atoms with Gasteiger partial charge < -0.3 is 15.5 Å². The fraction of sp³-hybridized carbons (Fsp3) is 0.333. The highest BCUT2D eigenvalue weighted by Crippen LogP contribution is 2.28. The van der Waals surface area contributed by atoms with Crippen LogP contribution in [0, 0.1) is 0 Å². The Kier molecular flexibility index (Phi) is 5.52. The Bertz CT molecular complexity index is 612. The van der Waals surface area contributed by atoms with Gasteiger partial charge in [0.25, 0.3) is 0 Å². The third-order valence-electron chi connectivity index (χ3n) is 3.02. The van der Waals surface area contributed by atoms with Gasteiger partial charge in [-0.25, -0.2) is 4.98 Å². The number of nitrogens with zero attached hydrogens (tertiary/aromatic N) is 1. The van der Waals surface area contributed by atoms with E-state index in [9.17, 15) is 4.79 Å². The molecule has 1 amide bonds. The maximum atomic E-state index is 11.7. The summed E-state index contributed by atoms with van der Waals surface area (Å²) in [6.45, 7) is 2.30. The Hall–Kier alpha value is -1.66. The molecule has 0 spiro atoms. The fourth-order valence-corrected chi connectivity index (χ4v) is 2.32. The van der Waals surface area contributed by atoms with E-state index in [4.69, 9.17) is 10.2 Å². The third-order valence-corrected chi connectivity index (χ3v) is 3.71.